The van der Waals surface area contributed by atoms with Crippen molar-refractivity contribution in [1.29, 1.82) is 0 Å². The van der Waals surface area contributed by atoms with Crippen molar-refractivity contribution in [2.75, 3.05) is 12.4 Å². The third-order valence-electron chi connectivity index (χ3n) is 11.4. The van der Waals surface area contributed by atoms with Crippen LogP contribution in [0.25, 0.3) is 0 Å². The molecule has 5 aliphatic rings. The molecule has 0 radical (unpaired) electrons. The fourth-order valence-electron chi connectivity index (χ4n) is 7.81. The molecule has 1 unspecified atom stereocenters. The SMILES string of the molecule is C[C@H](NC(=O)c1cnccn1)C(=O)N[C@H]1CCCCC/C=C\[C@@H]2C[C@@]2(C(=O)NCS(=O)(=O)C2CC2)NC(=O)C2C[C@@H](OC(=O)N3Cc4cccc(F)c4C3)CN2C1=O. The lowest BCUT2D eigenvalue weighted by Crippen LogP contribution is -2.59. The van der Waals surface area contributed by atoms with Gasteiger partial charge < -0.3 is 30.9 Å². The molecule has 58 heavy (non-hydrogen) atoms. The van der Waals surface area contributed by atoms with Gasteiger partial charge in [-0.15, -0.1) is 0 Å². The fraction of sp³-hybridized carbons (Fsp3) is 0.538. The molecule has 1 saturated heterocycles. The largest absolute Gasteiger partial charge is 0.444 e. The summed E-state index contributed by atoms with van der Waals surface area (Å²) in [7, 11) is -3.56. The minimum absolute atomic E-state index is 0.00969. The van der Waals surface area contributed by atoms with E-state index < -0.39 is 98.1 Å². The Morgan fingerprint density at radius 3 is 2.64 bits per heavy atom. The number of halogens is 1. The molecule has 0 spiro atoms. The molecule has 6 atom stereocenters. The molecule has 3 fully saturated rings. The summed E-state index contributed by atoms with van der Waals surface area (Å²) in [5.74, 6) is -4.79. The normalized spacial score (nSPS) is 27.0. The van der Waals surface area contributed by atoms with Crippen LogP contribution in [0.15, 0.2) is 48.9 Å². The first-order valence-corrected chi connectivity index (χ1v) is 21.4. The summed E-state index contributed by atoms with van der Waals surface area (Å²) < 4.78 is 45.6. The van der Waals surface area contributed by atoms with E-state index in [1.54, 1.807) is 12.1 Å². The van der Waals surface area contributed by atoms with E-state index in [1.165, 1.54) is 41.4 Å². The first-order chi connectivity index (χ1) is 27.8. The molecule has 1 aromatic carbocycles. The number of hydrogen-bond acceptors (Lipinski definition) is 11. The maximum absolute atomic E-state index is 14.5. The van der Waals surface area contributed by atoms with Crippen LogP contribution in [0.2, 0.25) is 0 Å². The van der Waals surface area contributed by atoms with Crippen molar-refractivity contribution in [3.05, 3.63) is 71.6 Å². The molecule has 17 nitrogen and oxygen atoms in total. The molecule has 3 aliphatic heterocycles. The Balaban J connectivity index is 1.11. The molecule has 2 saturated carbocycles. The van der Waals surface area contributed by atoms with Gasteiger partial charge in [-0.2, -0.15) is 0 Å². The van der Waals surface area contributed by atoms with Crippen molar-refractivity contribution >= 4 is 45.5 Å². The average Bonchev–Trinajstić information content (AvgIpc) is 4.09. The first kappa shape index (κ1) is 40.7. The molecule has 19 heteroatoms. The predicted molar refractivity (Wildman–Crippen MR) is 203 cm³/mol. The van der Waals surface area contributed by atoms with E-state index in [0.717, 1.165) is 6.42 Å². The topological polar surface area (TPSA) is 226 Å². The Hall–Kier alpha value is -5.46. The molecule has 4 N–H and O–H groups in total. The predicted octanol–water partition coefficient (Wildman–Crippen LogP) is 1.39. The van der Waals surface area contributed by atoms with E-state index >= 15 is 0 Å². The highest BCUT2D eigenvalue weighted by molar-refractivity contribution is 7.92. The Kier molecular flexibility index (Phi) is 11.8. The van der Waals surface area contributed by atoms with Gasteiger partial charge in [0.25, 0.3) is 5.91 Å². The van der Waals surface area contributed by atoms with Gasteiger partial charge in [-0.05, 0) is 57.1 Å². The van der Waals surface area contributed by atoms with Crippen molar-refractivity contribution < 1.29 is 46.3 Å². The van der Waals surface area contributed by atoms with Crippen molar-refractivity contribution in [2.45, 2.75) is 113 Å². The van der Waals surface area contributed by atoms with E-state index in [9.17, 15) is 41.6 Å². The summed E-state index contributed by atoms with van der Waals surface area (Å²) in [6.07, 6.45) is 9.83. The van der Waals surface area contributed by atoms with Crippen LogP contribution in [0.1, 0.15) is 86.3 Å². The van der Waals surface area contributed by atoms with E-state index in [1.807, 2.05) is 12.2 Å². The van der Waals surface area contributed by atoms with Crippen LogP contribution >= 0.6 is 0 Å². The minimum Gasteiger partial charge on any atom is -0.444 e. The number of ether oxygens (including phenoxy) is 1. The fourth-order valence-corrected chi connectivity index (χ4v) is 9.23. The zero-order valence-corrected chi connectivity index (χ0v) is 32.8. The second kappa shape index (κ2) is 16.8. The number of hydrogen-bond donors (Lipinski definition) is 4. The summed E-state index contributed by atoms with van der Waals surface area (Å²) in [6.45, 7) is 1.30. The van der Waals surface area contributed by atoms with Crippen molar-refractivity contribution in [1.82, 2.24) is 41.0 Å². The van der Waals surface area contributed by atoms with Crippen LogP contribution in [0, 0.1) is 11.7 Å². The monoisotopic (exact) mass is 822 g/mol. The maximum atomic E-state index is 14.5. The van der Waals surface area contributed by atoms with E-state index in [0.29, 0.717) is 43.2 Å². The number of aromatic nitrogens is 2. The number of nitrogens with one attached hydrogen (secondary N) is 4. The van der Waals surface area contributed by atoms with Crippen LogP contribution in [-0.2, 0) is 46.8 Å². The number of carbonyl (C=O) groups is 6. The number of sulfone groups is 1. The quantitative estimate of drug-likeness (QED) is 0.265. The Labute approximate surface area is 334 Å². The van der Waals surface area contributed by atoms with Gasteiger partial charge in [0.15, 0.2) is 9.84 Å². The van der Waals surface area contributed by atoms with Crippen LogP contribution in [0.4, 0.5) is 9.18 Å². The Morgan fingerprint density at radius 2 is 1.90 bits per heavy atom. The van der Waals surface area contributed by atoms with Gasteiger partial charge in [0, 0.05) is 36.8 Å². The zero-order chi connectivity index (χ0) is 41.2. The third-order valence-corrected chi connectivity index (χ3v) is 13.4. The second-order valence-corrected chi connectivity index (χ2v) is 18.0. The zero-order valence-electron chi connectivity index (χ0n) is 32.0. The minimum atomic E-state index is -3.56. The lowest BCUT2D eigenvalue weighted by atomic mass is 10.0. The summed E-state index contributed by atoms with van der Waals surface area (Å²) in [5, 5.41) is 10.2. The van der Waals surface area contributed by atoms with E-state index in [2.05, 4.69) is 31.2 Å². The number of fused-ring (bicyclic) bond motifs is 3. The summed E-state index contributed by atoms with van der Waals surface area (Å²) in [6, 6.07) is 1.06. The molecule has 4 heterocycles. The summed E-state index contributed by atoms with van der Waals surface area (Å²) in [5.41, 5.74) is -0.487. The first-order valence-electron chi connectivity index (χ1n) is 19.6. The van der Waals surface area contributed by atoms with Crippen molar-refractivity contribution in [3.63, 3.8) is 0 Å². The number of allylic oxidation sites excluding steroid dienone is 1. The number of carbonyl (C=O) groups excluding carboxylic acids is 6. The lowest BCUT2D eigenvalue weighted by molar-refractivity contribution is -0.142. The molecule has 6 amide bonds. The maximum Gasteiger partial charge on any atom is 0.410 e. The van der Waals surface area contributed by atoms with Crippen LogP contribution in [0.5, 0.6) is 0 Å². The Morgan fingerprint density at radius 1 is 1.09 bits per heavy atom. The highest BCUT2D eigenvalue weighted by atomic mass is 32.2. The van der Waals surface area contributed by atoms with Gasteiger partial charge >= 0.3 is 6.09 Å². The molecule has 1 aromatic heterocycles. The molecule has 2 aliphatic carbocycles. The van der Waals surface area contributed by atoms with Gasteiger partial charge in [-0.25, -0.2) is 22.6 Å². The van der Waals surface area contributed by atoms with Crippen LogP contribution < -0.4 is 21.3 Å². The number of benzene rings is 1. The summed E-state index contributed by atoms with van der Waals surface area (Å²) in [4.78, 5) is 92.7. The number of amides is 6. The van der Waals surface area contributed by atoms with Gasteiger partial charge in [0.05, 0.1) is 24.5 Å². The number of rotatable bonds is 9. The van der Waals surface area contributed by atoms with Gasteiger partial charge in [-0.1, -0.05) is 37.1 Å². The van der Waals surface area contributed by atoms with Gasteiger partial charge in [-0.3, -0.25) is 33.9 Å². The average molecular weight is 823 g/mol. The van der Waals surface area contributed by atoms with Crippen molar-refractivity contribution in [3.8, 4) is 0 Å². The van der Waals surface area contributed by atoms with Crippen LogP contribution in [-0.4, -0.2) is 111 Å². The van der Waals surface area contributed by atoms with Crippen LogP contribution in [0.3, 0.4) is 0 Å². The standard InChI is InChI=1S/C39H47FN8O9S/c1-23(44-34(50)31-18-41-14-15-42-31)33(49)45-30-11-6-4-2-3-5-9-25-17-39(25,37(53)43-22-58(55,56)27-12-13-27)46-35(51)32-16-26(20-48(32)36(30)52)57-38(54)47-19-24-8-7-10-29(40)28(24)21-47/h5,7-10,14-15,18,23,25-27,30,32H,2-4,6,11-13,16-17,19-22H2,1H3,(H,43,53)(H,44,50)(H,45,49)(H,46,51)/b9-5-/t23-,25+,26+,30-,32?,39+/m0/s1. The molecule has 0 bridgehead atoms. The van der Waals surface area contributed by atoms with Gasteiger partial charge in [0.1, 0.15) is 47.2 Å². The molecular weight excluding hydrogens is 776 g/mol. The summed E-state index contributed by atoms with van der Waals surface area (Å²) >= 11 is 0. The molecule has 7 rings (SSSR count). The van der Waals surface area contributed by atoms with Crippen molar-refractivity contribution in [2.24, 2.45) is 5.92 Å². The smallest absolute Gasteiger partial charge is 0.410 e. The molecule has 310 valence electrons. The highest BCUT2D eigenvalue weighted by Crippen LogP contribution is 2.46. The van der Waals surface area contributed by atoms with E-state index in [4.69, 9.17) is 4.74 Å². The molecular formula is C39H47FN8O9S. The Bertz CT molecular complexity index is 2100. The van der Waals surface area contributed by atoms with Gasteiger partial charge in [0.2, 0.25) is 23.6 Å². The lowest BCUT2D eigenvalue weighted by Gasteiger charge is -2.30. The third kappa shape index (κ3) is 8.98. The highest BCUT2D eigenvalue weighted by Gasteiger charge is 2.61. The van der Waals surface area contributed by atoms with E-state index in [-0.39, 0.29) is 44.6 Å². The second-order valence-electron chi connectivity index (χ2n) is 15.7. The number of nitrogens with zero attached hydrogens (tertiary/aromatic N) is 4. The molecule has 2 aromatic rings.